The molecule has 0 aliphatic carbocycles. The Kier molecular flexibility index (Phi) is 20.6. The summed E-state index contributed by atoms with van der Waals surface area (Å²) in [6.07, 6.45) is 7.97. The molecule has 2 aromatic carbocycles. The van der Waals surface area contributed by atoms with E-state index in [4.69, 9.17) is 9.47 Å². The molecule has 10 heteroatoms. The van der Waals surface area contributed by atoms with Crippen LogP contribution in [0.4, 0.5) is 11.4 Å². The Labute approximate surface area is 373 Å². The molecular weight excluding hydrogens is 771 g/mol. The van der Waals surface area contributed by atoms with Gasteiger partial charge in [-0.15, -0.1) is 0 Å². The number of nitriles is 5. The lowest BCUT2D eigenvalue weighted by Crippen LogP contribution is -2.37. The van der Waals surface area contributed by atoms with Crippen LogP contribution >= 0.6 is 0 Å². The van der Waals surface area contributed by atoms with Gasteiger partial charge in [0.15, 0.2) is 5.57 Å². The maximum atomic E-state index is 13.7. The fourth-order valence-corrected chi connectivity index (χ4v) is 8.61. The summed E-state index contributed by atoms with van der Waals surface area (Å²) >= 11 is 0. The van der Waals surface area contributed by atoms with Crippen LogP contribution in [0.15, 0.2) is 41.5 Å². The van der Waals surface area contributed by atoms with Crippen LogP contribution in [0.2, 0.25) is 0 Å². The second-order valence-electron chi connectivity index (χ2n) is 17.9. The van der Waals surface area contributed by atoms with E-state index in [0.717, 1.165) is 100 Å². The molecule has 0 spiro atoms. The molecule has 10 nitrogen and oxygen atoms in total. The molecule has 1 aliphatic heterocycles. The third-order valence-corrected chi connectivity index (χ3v) is 12.6. The highest BCUT2D eigenvalue weighted by Crippen LogP contribution is 2.39. The largest absolute Gasteiger partial charge is 0.490 e. The smallest absolute Gasteiger partial charge is 0.350 e. The first-order valence-corrected chi connectivity index (χ1v) is 22.8. The SMILES string of the molecule is CCCC(C(C)CCC(CC)CN1CCOc2cc(C(C#N)=C(C#N)C#N)c(C)cc21)C(CC)COC(=O)/C(C#N)=C(/C#N)c1ccc(N(CCC(C)C)CCC(C)C)cc1C. The molecule has 0 bridgehead atoms. The molecule has 1 heterocycles. The van der Waals surface area contributed by atoms with Gasteiger partial charge < -0.3 is 19.3 Å². The molecule has 62 heavy (non-hydrogen) atoms. The van der Waals surface area contributed by atoms with Crippen molar-refractivity contribution in [2.75, 3.05) is 49.2 Å². The zero-order chi connectivity index (χ0) is 45.9. The molecule has 3 rings (SSSR count). The van der Waals surface area contributed by atoms with Crippen LogP contribution in [0, 0.1) is 106 Å². The highest BCUT2D eigenvalue weighted by molar-refractivity contribution is 6.05. The second kappa shape index (κ2) is 25.2. The van der Waals surface area contributed by atoms with E-state index >= 15 is 0 Å². The number of hydrogen-bond donors (Lipinski definition) is 0. The van der Waals surface area contributed by atoms with Crippen molar-refractivity contribution in [1.82, 2.24) is 0 Å². The van der Waals surface area contributed by atoms with E-state index < -0.39 is 5.97 Å². The molecular formula is C52H69N7O3. The van der Waals surface area contributed by atoms with Gasteiger partial charge in [-0.05, 0) is 116 Å². The minimum absolute atomic E-state index is 0.0453. The standard InChI is InChI=1S/C52H69N7O3/c1-11-14-44(37(8)15-16-40(12-2)33-59-23-24-61-51-27-46(39(10)26-50(51)59)47(30-55)42(28-53)29-54)41(13-3)34-62-52(60)49(32-57)48(31-56)45-18-17-43(25-38(45)9)58(21-19-35(4)5)22-20-36(6)7/h17-18,25-27,35-37,40-41,44H,11-16,19-24,33-34H2,1-10H3/b49-48-. The van der Waals surface area contributed by atoms with Gasteiger partial charge in [0.2, 0.25) is 0 Å². The summed E-state index contributed by atoms with van der Waals surface area (Å²) < 4.78 is 12.0. The summed E-state index contributed by atoms with van der Waals surface area (Å²) in [5.74, 6) is 2.23. The third-order valence-electron chi connectivity index (χ3n) is 12.6. The average Bonchev–Trinajstić information content (AvgIpc) is 3.25. The lowest BCUT2D eigenvalue weighted by atomic mass is 9.75. The van der Waals surface area contributed by atoms with Gasteiger partial charge in [-0.25, -0.2) is 4.79 Å². The fourth-order valence-electron chi connectivity index (χ4n) is 8.61. The van der Waals surface area contributed by atoms with Gasteiger partial charge in [0.1, 0.15) is 48.3 Å². The van der Waals surface area contributed by atoms with Crippen LogP contribution in [0.5, 0.6) is 5.75 Å². The van der Waals surface area contributed by atoms with Crippen molar-refractivity contribution in [3.05, 3.63) is 63.7 Å². The van der Waals surface area contributed by atoms with Crippen molar-refractivity contribution in [3.63, 3.8) is 0 Å². The molecule has 0 fully saturated rings. The number of rotatable bonds is 23. The predicted molar refractivity (Wildman–Crippen MR) is 248 cm³/mol. The normalized spacial score (nSPS) is 14.3. The van der Waals surface area contributed by atoms with Crippen LogP contribution < -0.4 is 14.5 Å². The van der Waals surface area contributed by atoms with Crippen LogP contribution in [0.1, 0.15) is 129 Å². The molecule has 0 N–H and O–H groups in total. The summed E-state index contributed by atoms with van der Waals surface area (Å²) in [5.41, 5.74) is 4.40. The molecule has 0 amide bonds. The third kappa shape index (κ3) is 13.6. The molecule has 0 radical (unpaired) electrons. The number of benzene rings is 2. The van der Waals surface area contributed by atoms with E-state index in [1.807, 2.05) is 56.3 Å². The first kappa shape index (κ1) is 50.6. The highest BCUT2D eigenvalue weighted by Gasteiger charge is 2.30. The number of fused-ring (bicyclic) bond motifs is 1. The molecule has 0 saturated carbocycles. The predicted octanol–water partition coefficient (Wildman–Crippen LogP) is 11.7. The number of carbonyl (C=O) groups excluding carboxylic acids is 1. The Morgan fingerprint density at radius 2 is 1.42 bits per heavy atom. The maximum Gasteiger partial charge on any atom is 0.350 e. The van der Waals surface area contributed by atoms with Crippen molar-refractivity contribution >= 4 is 28.5 Å². The molecule has 4 atom stereocenters. The average molecular weight is 840 g/mol. The van der Waals surface area contributed by atoms with E-state index in [1.165, 1.54) is 0 Å². The van der Waals surface area contributed by atoms with Gasteiger partial charge in [0.05, 0.1) is 30.0 Å². The number of carbonyl (C=O) groups is 1. The van der Waals surface area contributed by atoms with Gasteiger partial charge in [-0.1, -0.05) is 87.1 Å². The van der Waals surface area contributed by atoms with Gasteiger partial charge in [0, 0.05) is 30.9 Å². The summed E-state index contributed by atoms with van der Waals surface area (Å²) in [4.78, 5) is 18.4. The van der Waals surface area contributed by atoms with Crippen LogP contribution in [-0.4, -0.2) is 45.4 Å². The lowest BCUT2D eigenvalue weighted by molar-refractivity contribution is -0.140. The molecule has 0 saturated heterocycles. The molecule has 330 valence electrons. The number of esters is 1. The number of hydrogen-bond acceptors (Lipinski definition) is 10. The first-order valence-electron chi connectivity index (χ1n) is 22.8. The molecule has 0 aromatic heterocycles. The maximum absolute atomic E-state index is 13.7. The van der Waals surface area contributed by atoms with Crippen LogP contribution in [0.25, 0.3) is 11.1 Å². The summed E-state index contributed by atoms with van der Waals surface area (Å²) in [5, 5.41) is 49.2. The quantitative estimate of drug-likeness (QED) is 0.0598. The first-order chi connectivity index (χ1) is 29.7. The fraction of sp³-hybridized carbons (Fsp3) is 0.577. The Bertz CT molecular complexity index is 2090. The summed E-state index contributed by atoms with van der Waals surface area (Å²) in [6.45, 7) is 25.7. The summed E-state index contributed by atoms with van der Waals surface area (Å²) in [7, 11) is 0. The monoisotopic (exact) mass is 840 g/mol. The lowest BCUT2D eigenvalue weighted by Gasteiger charge is -2.36. The molecule has 1 aliphatic rings. The van der Waals surface area contributed by atoms with E-state index in [-0.39, 0.29) is 34.8 Å². The van der Waals surface area contributed by atoms with Crippen molar-refractivity contribution < 1.29 is 14.3 Å². The second-order valence-corrected chi connectivity index (χ2v) is 17.9. The van der Waals surface area contributed by atoms with Crippen LogP contribution in [-0.2, 0) is 9.53 Å². The molecule has 4 unspecified atom stereocenters. The number of anilines is 2. The number of allylic oxidation sites excluding steroid dienone is 3. The minimum Gasteiger partial charge on any atom is -0.490 e. The van der Waals surface area contributed by atoms with Crippen molar-refractivity contribution in [1.29, 1.82) is 26.3 Å². The van der Waals surface area contributed by atoms with Crippen LogP contribution in [0.3, 0.4) is 0 Å². The molecule has 2 aromatic rings. The topological polar surface area (TPSA) is 161 Å². The number of nitrogens with zero attached hydrogens (tertiary/aromatic N) is 7. The van der Waals surface area contributed by atoms with Gasteiger partial charge in [-0.3, -0.25) is 0 Å². The zero-order valence-electron chi connectivity index (χ0n) is 39.1. The Hall–Kier alpha value is -5.76. The van der Waals surface area contributed by atoms with E-state index in [9.17, 15) is 31.1 Å². The Morgan fingerprint density at radius 3 is 1.95 bits per heavy atom. The van der Waals surface area contributed by atoms with Crippen molar-refractivity contribution in [2.24, 2.45) is 35.5 Å². The van der Waals surface area contributed by atoms with Gasteiger partial charge in [-0.2, -0.15) is 26.3 Å². The number of aryl methyl sites for hydroxylation is 2. The Morgan fingerprint density at radius 1 is 0.774 bits per heavy atom. The zero-order valence-corrected chi connectivity index (χ0v) is 39.1. The van der Waals surface area contributed by atoms with E-state index in [2.05, 4.69) is 77.3 Å². The van der Waals surface area contributed by atoms with Crippen molar-refractivity contribution in [3.8, 4) is 36.1 Å². The number of ether oxygens (including phenoxy) is 2. The van der Waals surface area contributed by atoms with Gasteiger partial charge in [0.25, 0.3) is 0 Å². The Balaban J connectivity index is 1.75. The van der Waals surface area contributed by atoms with E-state index in [0.29, 0.717) is 53.1 Å². The van der Waals surface area contributed by atoms with Crippen molar-refractivity contribution in [2.45, 2.75) is 121 Å². The van der Waals surface area contributed by atoms with E-state index in [1.54, 1.807) is 6.07 Å². The summed E-state index contributed by atoms with van der Waals surface area (Å²) in [6, 6.07) is 19.6. The van der Waals surface area contributed by atoms with Gasteiger partial charge >= 0.3 is 5.97 Å². The highest BCUT2D eigenvalue weighted by atomic mass is 16.5. The minimum atomic E-state index is -0.751.